The summed E-state index contributed by atoms with van der Waals surface area (Å²) >= 11 is 0. The molecule has 1 aliphatic heterocycles. The standard InChI is InChI=1S/C22H20N2O6S/c1-28-16-8-6-15(7-9-16)23-22(25)18-4-2-3-5-19(18)24-31(26,27)17-10-11-20-21(14-17)30-13-12-29-20/h2-11,14,24H,12-13H2,1H3,(H,23,25). The summed E-state index contributed by atoms with van der Waals surface area (Å²) in [6, 6.07) is 17.6. The van der Waals surface area contributed by atoms with Crippen LogP contribution >= 0.6 is 0 Å². The molecule has 0 saturated heterocycles. The van der Waals surface area contributed by atoms with Crippen LogP contribution in [-0.4, -0.2) is 34.6 Å². The van der Waals surface area contributed by atoms with Crippen molar-refractivity contribution in [1.29, 1.82) is 0 Å². The monoisotopic (exact) mass is 440 g/mol. The van der Waals surface area contributed by atoms with Crippen molar-refractivity contribution in [2.45, 2.75) is 4.90 Å². The van der Waals surface area contributed by atoms with Gasteiger partial charge in [0.25, 0.3) is 15.9 Å². The molecule has 0 radical (unpaired) electrons. The van der Waals surface area contributed by atoms with Gasteiger partial charge in [-0.2, -0.15) is 0 Å². The molecule has 4 rings (SSSR count). The molecular formula is C22H20N2O6S. The van der Waals surface area contributed by atoms with Crippen LogP contribution in [0.15, 0.2) is 71.6 Å². The van der Waals surface area contributed by atoms with Crippen LogP contribution in [0, 0.1) is 0 Å². The first-order valence-corrected chi connectivity index (χ1v) is 10.9. The van der Waals surface area contributed by atoms with Gasteiger partial charge in [-0.05, 0) is 48.5 Å². The molecule has 160 valence electrons. The average Bonchev–Trinajstić information content (AvgIpc) is 2.79. The van der Waals surface area contributed by atoms with Crippen molar-refractivity contribution < 1.29 is 27.4 Å². The second-order valence-electron chi connectivity index (χ2n) is 6.64. The Bertz CT molecular complexity index is 1210. The van der Waals surface area contributed by atoms with Crippen LogP contribution in [0.4, 0.5) is 11.4 Å². The van der Waals surface area contributed by atoms with Gasteiger partial charge in [0.2, 0.25) is 0 Å². The first-order valence-electron chi connectivity index (χ1n) is 9.43. The minimum absolute atomic E-state index is 0.00196. The van der Waals surface area contributed by atoms with Crippen molar-refractivity contribution in [3.05, 3.63) is 72.3 Å². The number of hydrogen-bond donors (Lipinski definition) is 2. The minimum atomic E-state index is -3.97. The molecule has 0 atom stereocenters. The van der Waals surface area contributed by atoms with Crippen LogP contribution in [0.5, 0.6) is 17.2 Å². The Morgan fingerprint density at radius 1 is 0.935 bits per heavy atom. The number of ether oxygens (including phenoxy) is 3. The molecule has 8 nitrogen and oxygen atoms in total. The van der Waals surface area contributed by atoms with E-state index >= 15 is 0 Å². The highest BCUT2D eigenvalue weighted by Gasteiger charge is 2.22. The van der Waals surface area contributed by atoms with Crippen LogP contribution in [0.2, 0.25) is 0 Å². The number of benzene rings is 3. The number of nitrogens with one attached hydrogen (secondary N) is 2. The molecule has 0 fully saturated rings. The third-order valence-corrected chi connectivity index (χ3v) is 5.95. The van der Waals surface area contributed by atoms with E-state index in [-0.39, 0.29) is 16.1 Å². The second kappa shape index (κ2) is 8.57. The number of rotatable bonds is 6. The normalized spacial score (nSPS) is 12.7. The minimum Gasteiger partial charge on any atom is -0.497 e. The number of fused-ring (bicyclic) bond motifs is 1. The zero-order valence-electron chi connectivity index (χ0n) is 16.6. The number of para-hydroxylation sites is 1. The zero-order chi connectivity index (χ0) is 21.8. The Kier molecular flexibility index (Phi) is 5.68. The summed E-state index contributed by atoms with van der Waals surface area (Å²) in [5.41, 5.74) is 0.887. The van der Waals surface area contributed by atoms with Crippen LogP contribution in [0.1, 0.15) is 10.4 Å². The second-order valence-corrected chi connectivity index (χ2v) is 8.32. The summed E-state index contributed by atoms with van der Waals surface area (Å²) in [6.07, 6.45) is 0. The van der Waals surface area contributed by atoms with Crippen molar-refractivity contribution in [2.75, 3.05) is 30.4 Å². The quantitative estimate of drug-likeness (QED) is 0.608. The van der Waals surface area contributed by atoms with Gasteiger partial charge in [-0.1, -0.05) is 12.1 Å². The van der Waals surface area contributed by atoms with Gasteiger partial charge in [0.1, 0.15) is 19.0 Å². The molecule has 0 bridgehead atoms. The highest BCUT2D eigenvalue weighted by molar-refractivity contribution is 7.92. The summed E-state index contributed by atoms with van der Waals surface area (Å²) in [5.74, 6) is 1.06. The van der Waals surface area contributed by atoms with E-state index in [4.69, 9.17) is 14.2 Å². The Morgan fingerprint density at radius 3 is 2.39 bits per heavy atom. The highest BCUT2D eigenvalue weighted by Crippen LogP contribution is 2.33. The summed E-state index contributed by atoms with van der Waals surface area (Å²) in [5, 5.41) is 2.75. The number of sulfonamides is 1. The van der Waals surface area contributed by atoms with Crippen LogP contribution in [0.3, 0.4) is 0 Å². The van der Waals surface area contributed by atoms with Gasteiger partial charge in [-0.15, -0.1) is 0 Å². The summed E-state index contributed by atoms with van der Waals surface area (Å²) in [4.78, 5) is 12.8. The third kappa shape index (κ3) is 4.56. The molecule has 3 aromatic carbocycles. The summed E-state index contributed by atoms with van der Waals surface area (Å²) < 4.78 is 44.4. The smallest absolute Gasteiger partial charge is 0.262 e. The van der Waals surface area contributed by atoms with Gasteiger partial charge in [-0.3, -0.25) is 9.52 Å². The van der Waals surface area contributed by atoms with E-state index in [2.05, 4.69) is 10.0 Å². The topological polar surface area (TPSA) is 103 Å². The number of hydrogen-bond acceptors (Lipinski definition) is 6. The molecule has 0 aromatic heterocycles. The number of carbonyl (C=O) groups excluding carboxylic acids is 1. The molecular weight excluding hydrogens is 420 g/mol. The Labute approximate surface area is 179 Å². The van der Waals surface area contributed by atoms with Gasteiger partial charge in [0.05, 0.1) is 23.3 Å². The lowest BCUT2D eigenvalue weighted by molar-refractivity contribution is 0.102. The number of carbonyl (C=O) groups is 1. The van der Waals surface area contributed by atoms with Gasteiger partial charge < -0.3 is 19.5 Å². The average molecular weight is 440 g/mol. The van der Waals surface area contributed by atoms with Crippen molar-refractivity contribution in [2.24, 2.45) is 0 Å². The van der Waals surface area contributed by atoms with Gasteiger partial charge >= 0.3 is 0 Å². The molecule has 9 heteroatoms. The van der Waals surface area contributed by atoms with E-state index < -0.39 is 15.9 Å². The van der Waals surface area contributed by atoms with E-state index in [1.54, 1.807) is 55.6 Å². The van der Waals surface area contributed by atoms with Gasteiger partial charge in [0.15, 0.2) is 11.5 Å². The largest absolute Gasteiger partial charge is 0.497 e. The molecule has 1 aliphatic rings. The maximum Gasteiger partial charge on any atom is 0.262 e. The van der Waals surface area contributed by atoms with E-state index in [0.29, 0.717) is 36.1 Å². The highest BCUT2D eigenvalue weighted by atomic mass is 32.2. The number of anilines is 2. The lowest BCUT2D eigenvalue weighted by Crippen LogP contribution is -2.19. The predicted octanol–water partition coefficient (Wildman–Crippen LogP) is 3.52. The fourth-order valence-electron chi connectivity index (χ4n) is 3.04. The fraction of sp³-hybridized carbons (Fsp3) is 0.136. The van der Waals surface area contributed by atoms with Crippen molar-refractivity contribution in [1.82, 2.24) is 0 Å². The Morgan fingerprint density at radius 2 is 1.65 bits per heavy atom. The Hall–Kier alpha value is -3.72. The van der Waals surface area contributed by atoms with Crippen LogP contribution in [-0.2, 0) is 10.0 Å². The van der Waals surface area contributed by atoms with Crippen molar-refractivity contribution >= 4 is 27.3 Å². The number of amides is 1. The number of methoxy groups -OCH3 is 1. The molecule has 0 saturated carbocycles. The summed E-state index contributed by atoms with van der Waals surface area (Å²) in [6.45, 7) is 0.756. The lowest BCUT2D eigenvalue weighted by Gasteiger charge is -2.19. The molecule has 3 aromatic rings. The maximum atomic E-state index is 12.9. The van der Waals surface area contributed by atoms with Crippen molar-refractivity contribution in [3.63, 3.8) is 0 Å². The molecule has 31 heavy (non-hydrogen) atoms. The SMILES string of the molecule is COc1ccc(NC(=O)c2ccccc2NS(=O)(=O)c2ccc3c(c2)OCCO3)cc1. The lowest BCUT2D eigenvalue weighted by atomic mass is 10.1. The van der Waals surface area contributed by atoms with Gasteiger partial charge in [-0.25, -0.2) is 8.42 Å². The molecule has 1 heterocycles. The molecule has 0 unspecified atom stereocenters. The van der Waals surface area contributed by atoms with Crippen molar-refractivity contribution in [3.8, 4) is 17.2 Å². The predicted molar refractivity (Wildman–Crippen MR) is 116 cm³/mol. The maximum absolute atomic E-state index is 12.9. The molecule has 1 amide bonds. The third-order valence-electron chi connectivity index (χ3n) is 4.59. The van der Waals surface area contributed by atoms with E-state index in [1.807, 2.05) is 0 Å². The molecule has 2 N–H and O–H groups in total. The first-order chi connectivity index (χ1) is 15.0. The van der Waals surface area contributed by atoms with E-state index in [0.717, 1.165) is 0 Å². The van der Waals surface area contributed by atoms with Crippen LogP contribution < -0.4 is 24.2 Å². The molecule has 0 spiro atoms. The fourth-order valence-corrected chi connectivity index (χ4v) is 4.13. The zero-order valence-corrected chi connectivity index (χ0v) is 17.4. The van der Waals surface area contributed by atoms with Gasteiger partial charge in [0, 0.05) is 11.8 Å². The first kappa shape index (κ1) is 20.5. The van der Waals surface area contributed by atoms with E-state index in [1.165, 1.54) is 18.2 Å². The molecule has 0 aliphatic carbocycles. The Balaban J connectivity index is 1.57. The van der Waals surface area contributed by atoms with E-state index in [9.17, 15) is 13.2 Å². The summed E-state index contributed by atoms with van der Waals surface area (Å²) in [7, 11) is -2.41. The van der Waals surface area contributed by atoms with Crippen LogP contribution in [0.25, 0.3) is 0 Å².